The number of hydrogen-bond acceptors (Lipinski definition) is 8. The number of hydrogen-bond donors (Lipinski definition) is 1. The maximum absolute atomic E-state index is 12.5. The van der Waals surface area contributed by atoms with Gasteiger partial charge in [0.25, 0.3) is 11.6 Å². The van der Waals surface area contributed by atoms with Gasteiger partial charge in [-0.3, -0.25) is 20.2 Å². The number of carbonyl (C=O) groups is 1. The second-order valence-electron chi connectivity index (χ2n) is 5.70. The minimum atomic E-state index is -0.501. The van der Waals surface area contributed by atoms with Crippen LogP contribution in [0.1, 0.15) is 10.4 Å². The highest BCUT2D eigenvalue weighted by Crippen LogP contribution is 2.35. The van der Waals surface area contributed by atoms with E-state index < -0.39 is 10.8 Å². The second-order valence-corrected chi connectivity index (χ2v) is 7.41. The van der Waals surface area contributed by atoms with Crippen molar-refractivity contribution in [2.24, 2.45) is 0 Å². The molecule has 0 fully saturated rings. The lowest BCUT2D eigenvalue weighted by Gasteiger charge is -2.08. The molecule has 0 saturated carbocycles. The Balaban J connectivity index is 1.85. The zero-order valence-electron chi connectivity index (χ0n) is 15.8. The molecule has 0 atom stereocenters. The van der Waals surface area contributed by atoms with Crippen LogP contribution in [0.25, 0.3) is 11.3 Å². The number of carbonyl (C=O) groups excluding carboxylic acids is 1. The number of rotatable bonds is 7. The van der Waals surface area contributed by atoms with Crippen LogP contribution in [0.4, 0.5) is 10.8 Å². The zero-order valence-corrected chi connectivity index (χ0v) is 17.4. The predicted octanol–water partition coefficient (Wildman–Crippen LogP) is 4.71. The second kappa shape index (κ2) is 8.93. The number of nitro groups is 1. The van der Waals surface area contributed by atoms with Gasteiger partial charge in [-0.25, -0.2) is 4.98 Å². The molecular weight excluding hydrogens is 414 g/mol. The van der Waals surface area contributed by atoms with Gasteiger partial charge in [-0.2, -0.15) is 0 Å². The number of anilines is 1. The molecule has 0 aliphatic heterocycles. The molecule has 1 heterocycles. The first-order chi connectivity index (χ1) is 14.0. The number of ether oxygens (including phenoxy) is 2. The largest absolute Gasteiger partial charge is 0.497 e. The third-order valence-electron chi connectivity index (χ3n) is 4.04. The van der Waals surface area contributed by atoms with E-state index in [1.807, 2.05) is 0 Å². The summed E-state index contributed by atoms with van der Waals surface area (Å²) in [5.74, 6) is 0.803. The molecule has 150 valence electrons. The van der Waals surface area contributed by atoms with Gasteiger partial charge in [-0.15, -0.1) is 23.1 Å². The predicted molar refractivity (Wildman–Crippen MR) is 113 cm³/mol. The Labute approximate surface area is 175 Å². The van der Waals surface area contributed by atoms with Crippen molar-refractivity contribution in [1.29, 1.82) is 0 Å². The van der Waals surface area contributed by atoms with E-state index >= 15 is 0 Å². The van der Waals surface area contributed by atoms with Crippen molar-refractivity contribution >= 4 is 39.8 Å². The molecule has 0 saturated heterocycles. The molecular formula is C19H17N3O5S2. The minimum Gasteiger partial charge on any atom is -0.497 e. The van der Waals surface area contributed by atoms with E-state index in [9.17, 15) is 14.9 Å². The Morgan fingerprint density at radius 1 is 1.21 bits per heavy atom. The fourth-order valence-electron chi connectivity index (χ4n) is 2.61. The van der Waals surface area contributed by atoms with Crippen LogP contribution >= 0.6 is 23.1 Å². The molecule has 3 aromatic rings. The van der Waals surface area contributed by atoms with Gasteiger partial charge < -0.3 is 9.47 Å². The summed E-state index contributed by atoms with van der Waals surface area (Å²) in [5, 5.41) is 16.1. The molecule has 0 radical (unpaired) electrons. The van der Waals surface area contributed by atoms with Crippen LogP contribution in [0, 0.1) is 10.1 Å². The van der Waals surface area contributed by atoms with E-state index in [-0.39, 0.29) is 11.3 Å². The molecule has 2 aromatic carbocycles. The molecule has 1 amide bonds. The number of nitrogens with one attached hydrogen (secondary N) is 1. The van der Waals surface area contributed by atoms with E-state index in [1.54, 1.807) is 56.2 Å². The third-order valence-corrected chi connectivity index (χ3v) is 5.59. The van der Waals surface area contributed by atoms with Crippen molar-refractivity contribution < 1.29 is 19.2 Å². The molecule has 8 nitrogen and oxygen atoms in total. The van der Waals surface area contributed by atoms with Crippen molar-refractivity contribution in [2.45, 2.75) is 4.90 Å². The number of nitrogens with zero attached hydrogens (tertiary/aromatic N) is 2. The Kier molecular flexibility index (Phi) is 6.35. The fraction of sp³-hybridized carbons (Fsp3) is 0.158. The SMILES string of the molecule is COc1ccc(OC)c(-c2csc(NC(=O)c3ccc(SC)c([N+](=O)[O-])c3)n2)c1. The lowest BCUT2D eigenvalue weighted by atomic mass is 10.1. The number of thiazole rings is 1. The molecule has 10 heteroatoms. The summed E-state index contributed by atoms with van der Waals surface area (Å²) >= 11 is 2.49. The van der Waals surface area contributed by atoms with Gasteiger partial charge >= 0.3 is 0 Å². The summed E-state index contributed by atoms with van der Waals surface area (Å²) in [5.41, 5.74) is 1.42. The van der Waals surface area contributed by atoms with E-state index in [2.05, 4.69) is 10.3 Å². The number of nitro benzene ring substituents is 1. The molecule has 0 unspecified atom stereocenters. The molecule has 0 bridgehead atoms. The number of amides is 1. The van der Waals surface area contributed by atoms with Gasteiger partial charge in [0.1, 0.15) is 11.5 Å². The van der Waals surface area contributed by atoms with Crippen LogP contribution in [-0.4, -0.2) is 36.3 Å². The van der Waals surface area contributed by atoms with Gasteiger partial charge in [-0.1, -0.05) is 0 Å². The topological polar surface area (TPSA) is 104 Å². The van der Waals surface area contributed by atoms with E-state index in [4.69, 9.17) is 9.47 Å². The summed E-state index contributed by atoms with van der Waals surface area (Å²) in [6.07, 6.45) is 1.74. The van der Waals surface area contributed by atoms with Crippen LogP contribution in [0.3, 0.4) is 0 Å². The van der Waals surface area contributed by atoms with Crippen molar-refractivity contribution in [3.63, 3.8) is 0 Å². The van der Waals surface area contributed by atoms with Crippen LogP contribution in [0.5, 0.6) is 11.5 Å². The fourth-order valence-corrected chi connectivity index (χ4v) is 3.86. The Hall–Kier alpha value is -3.11. The molecule has 0 aliphatic rings. The summed E-state index contributed by atoms with van der Waals surface area (Å²) < 4.78 is 10.6. The van der Waals surface area contributed by atoms with Crippen LogP contribution < -0.4 is 14.8 Å². The standard InChI is InChI=1S/C19H17N3O5S2/c1-26-12-5-6-16(27-2)13(9-12)14-10-29-19(20-14)21-18(23)11-4-7-17(28-3)15(8-11)22(24)25/h4-10H,1-3H3,(H,20,21,23). The number of benzene rings is 2. The molecule has 1 N–H and O–H groups in total. The van der Waals surface area contributed by atoms with Crippen LogP contribution in [0.2, 0.25) is 0 Å². The monoisotopic (exact) mass is 431 g/mol. The van der Waals surface area contributed by atoms with Crippen LogP contribution in [0.15, 0.2) is 46.7 Å². The lowest BCUT2D eigenvalue weighted by Crippen LogP contribution is -2.12. The first kappa shape index (κ1) is 20.6. The van der Waals surface area contributed by atoms with Gasteiger partial charge in [0.05, 0.1) is 29.7 Å². The van der Waals surface area contributed by atoms with Crippen molar-refractivity contribution in [1.82, 2.24) is 4.98 Å². The molecule has 29 heavy (non-hydrogen) atoms. The Morgan fingerprint density at radius 3 is 2.66 bits per heavy atom. The minimum absolute atomic E-state index is 0.105. The summed E-state index contributed by atoms with van der Waals surface area (Å²) in [6.45, 7) is 0. The molecule has 3 rings (SSSR count). The highest BCUT2D eigenvalue weighted by molar-refractivity contribution is 7.98. The zero-order chi connectivity index (χ0) is 21.0. The smallest absolute Gasteiger partial charge is 0.283 e. The van der Waals surface area contributed by atoms with Crippen molar-refractivity contribution in [2.75, 3.05) is 25.8 Å². The number of methoxy groups -OCH3 is 2. The first-order valence-electron chi connectivity index (χ1n) is 8.28. The first-order valence-corrected chi connectivity index (χ1v) is 10.4. The Morgan fingerprint density at radius 2 is 2.00 bits per heavy atom. The van der Waals surface area contributed by atoms with Gasteiger partial charge in [0.2, 0.25) is 0 Å². The lowest BCUT2D eigenvalue weighted by molar-refractivity contribution is -0.387. The number of thioether (sulfide) groups is 1. The average Bonchev–Trinajstić information content (AvgIpc) is 3.20. The average molecular weight is 431 g/mol. The normalized spacial score (nSPS) is 10.4. The molecule has 1 aromatic heterocycles. The quantitative estimate of drug-likeness (QED) is 0.328. The Bertz CT molecular complexity index is 1070. The summed E-state index contributed by atoms with van der Waals surface area (Å²) in [7, 11) is 3.13. The highest BCUT2D eigenvalue weighted by Gasteiger charge is 2.18. The van der Waals surface area contributed by atoms with Gasteiger partial charge in [-0.05, 0) is 36.6 Å². The highest BCUT2D eigenvalue weighted by atomic mass is 32.2. The molecule has 0 aliphatic carbocycles. The summed E-state index contributed by atoms with van der Waals surface area (Å²) in [6, 6.07) is 9.73. The third kappa shape index (κ3) is 4.49. The molecule has 0 spiro atoms. The van der Waals surface area contributed by atoms with Crippen LogP contribution in [-0.2, 0) is 0 Å². The van der Waals surface area contributed by atoms with E-state index in [0.29, 0.717) is 27.2 Å². The maximum Gasteiger partial charge on any atom is 0.283 e. The van der Waals surface area contributed by atoms with Gasteiger partial charge in [0.15, 0.2) is 5.13 Å². The van der Waals surface area contributed by atoms with E-state index in [1.165, 1.54) is 29.2 Å². The van der Waals surface area contributed by atoms with Crippen molar-refractivity contribution in [3.05, 3.63) is 57.5 Å². The maximum atomic E-state index is 12.5. The van der Waals surface area contributed by atoms with Crippen molar-refractivity contribution in [3.8, 4) is 22.8 Å². The van der Waals surface area contributed by atoms with Gasteiger partial charge in [0, 0.05) is 22.6 Å². The summed E-state index contributed by atoms with van der Waals surface area (Å²) in [4.78, 5) is 28.2. The number of aromatic nitrogens is 1. The van der Waals surface area contributed by atoms with E-state index in [0.717, 1.165) is 5.56 Å².